The minimum absolute atomic E-state index is 0.0669. The van der Waals surface area contributed by atoms with Crippen LogP contribution in [-0.2, 0) is 14.4 Å². The zero-order valence-electron chi connectivity index (χ0n) is 6.19. The van der Waals surface area contributed by atoms with Gasteiger partial charge in [0.2, 0.25) is 0 Å². The number of hydrogen-bond donors (Lipinski definition) is 3. The average molecular weight is 175 g/mol. The Bertz CT molecular complexity index is 245. The Morgan fingerprint density at radius 2 is 1.92 bits per heavy atom. The molecular formula is C5H9N3O4+2. The fourth-order valence-corrected chi connectivity index (χ4v) is 0.910. The lowest BCUT2D eigenvalue weighted by Crippen LogP contribution is -2.58. The van der Waals surface area contributed by atoms with Crippen LogP contribution in [0, 0.1) is 0 Å². The molecule has 0 atom stereocenters. The molecule has 0 bridgehead atoms. The van der Waals surface area contributed by atoms with Gasteiger partial charge in [-0.2, -0.15) is 10.0 Å². The molecule has 0 aliphatic carbocycles. The molecule has 0 aromatic rings. The van der Waals surface area contributed by atoms with Gasteiger partial charge in [-0.3, -0.25) is 11.1 Å². The van der Waals surface area contributed by atoms with Crippen LogP contribution in [0.5, 0.6) is 0 Å². The molecule has 0 radical (unpaired) electrons. The second-order valence-corrected chi connectivity index (χ2v) is 2.36. The summed E-state index contributed by atoms with van der Waals surface area (Å²) in [5, 5.41) is 14.1. The van der Waals surface area contributed by atoms with Crippen molar-refractivity contribution >= 4 is 17.8 Å². The van der Waals surface area contributed by atoms with Crippen molar-refractivity contribution in [2.75, 3.05) is 0 Å². The molecule has 0 aromatic carbocycles. The summed E-state index contributed by atoms with van der Waals surface area (Å²) in [6.07, 6.45) is -0.134. The largest absolute Gasteiger partial charge is 0.493 e. The first-order chi connectivity index (χ1) is 5.47. The lowest BCUT2D eigenvalue weighted by molar-refractivity contribution is -1.12. The first-order valence-electron chi connectivity index (χ1n) is 3.23. The number of nitrogens with zero attached hydrogens (tertiary/aromatic N) is 1. The van der Waals surface area contributed by atoms with Gasteiger partial charge in [-0.25, -0.2) is 9.59 Å². The number of amides is 2. The van der Waals surface area contributed by atoms with Crippen LogP contribution in [0.1, 0.15) is 12.8 Å². The van der Waals surface area contributed by atoms with Gasteiger partial charge in [0.05, 0.1) is 12.8 Å². The number of rotatable bonds is 1. The van der Waals surface area contributed by atoms with E-state index < -0.39 is 22.6 Å². The molecule has 0 saturated carbocycles. The number of hydrogen-bond acceptors (Lipinski definition) is 4. The Labute approximate surface area is 67.3 Å². The fraction of sp³-hybridized carbons (Fsp3) is 0.400. The van der Waals surface area contributed by atoms with Crippen LogP contribution < -0.4 is 11.1 Å². The number of quaternary nitrogens is 1. The highest BCUT2D eigenvalue weighted by Gasteiger charge is 2.55. The molecule has 7 heteroatoms. The summed E-state index contributed by atoms with van der Waals surface area (Å²) < 4.78 is 0. The molecule has 2 amide bonds. The maximum absolute atomic E-state index is 10.9. The van der Waals surface area contributed by atoms with Crippen molar-refractivity contribution in [3.8, 4) is 0 Å². The SMILES string of the molecule is NC(=[NH2+])O[N+]1(O)C(=O)CCC1=O. The van der Waals surface area contributed by atoms with E-state index in [0.717, 1.165) is 0 Å². The van der Waals surface area contributed by atoms with Gasteiger partial charge in [0.1, 0.15) is 4.81 Å². The fourth-order valence-electron chi connectivity index (χ4n) is 0.910. The second kappa shape index (κ2) is 2.54. The summed E-state index contributed by atoms with van der Waals surface area (Å²) >= 11 is 0. The van der Waals surface area contributed by atoms with Crippen LogP contribution in [0.15, 0.2) is 0 Å². The number of carbonyl (C=O) groups excluding carboxylic acids is 2. The normalized spacial score (nSPS) is 21.1. The van der Waals surface area contributed by atoms with Crippen LogP contribution in [0.2, 0.25) is 0 Å². The summed E-state index contributed by atoms with van der Waals surface area (Å²) in [7, 11) is 0. The van der Waals surface area contributed by atoms with E-state index in [2.05, 4.69) is 4.84 Å². The van der Waals surface area contributed by atoms with Crippen molar-refractivity contribution < 1.29 is 29.9 Å². The third-order valence-electron chi connectivity index (χ3n) is 1.47. The quantitative estimate of drug-likeness (QED) is 0.129. The van der Waals surface area contributed by atoms with Crippen LogP contribution in [0.3, 0.4) is 0 Å². The number of imide groups is 1. The van der Waals surface area contributed by atoms with Crippen LogP contribution in [0.25, 0.3) is 0 Å². The van der Waals surface area contributed by atoms with Gasteiger partial charge in [-0.05, 0) is 0 Å². The minimum Gasteiger partial charge on any atom is -0.250 e. The monoisotopic (exact) mass is 175 g/mol. The zero-order chi connectivity index (χ0) is 9.35. The van der Waals surface area contributed by atoms with Crippen LogP contribution >= 0.6 is 0 Å². The molecule has 1 heterocycles. The van der Waals surface area contributed by atoms with Crippen molar-refractivity contribution in [1.82, 2.24) is 0 Å². The predicted octanol–water partition coefficient (Wildman–Crippen LogP) is -2.96. The molecule has 66 valence electrons. The molecule has 0 aromatic heterocycles. The average Bonchev–Trinajstić information content (AvgIpc) is 2.16. The van der Waals surface area contributed by atoms with Gasteiger partial charge in [0.25, 0.3) is 0 Å². The Morgan fingerprint density at radius 1 is 1.50 bits per heavy atom. The summed E-state index contributed by atoms with van der Waals surface area (Å²) in [4.78, 5) is 24.3. The van der Waals surface area contributed by atoms with Gasteiger partial charge < -0.3 is 0 Å². The van der Waals surface area contributed by atoms with E-state index in [1.807, 2.05) is 0 Å². The first kappa shape index (κ1) is 8.62. The summed E-state index contributed by atoms with van der Waals surface area (Å²) in [6.45, 7) is 0. The van der Waals surface area contributed by atoms with Crippen molar-refractivity contribution in [3.63, 3.8) is 0 Å². The minimum atomic E-state index is -1.76. The van der Waals surface area contributed by atoms with Crippen LogP contribution in [-0.4, -0.2) is 27.9 Å². The molecule has 0 spiro atoms. The Kier molecular flexibility index (Phi) is 1.82. The van der Waals surface area contributed by atoms with Gasteiger partial charge in [-0.15, -0.1) is 0 Å². The van der Waals surface area contributed by atoms with Crippen molar-refractivity contribution in [2.24, 2.45) is 5.73 Å². The number of carbonyl (C=O) groups is 2. The molecule has 1 aliphatic rings. The smallest absolute Gasteiger partial charge is 0.250 e. The van der Waals surface area contributed by atoms with Gasteiger partial charge >= 0.3 is 17.8 Å². The molecule has 1 fully saturated rings. The highest BCUT2D eigenvalue weighted by atomic mass is 16.9. The Morgan fingerprint density at radius 3 is 2.25 bits per heavy atom. The highest BCUT2D eigenvalue weighted by Crippen LogP contribution is 2.19. The summed E-state index contributed by atoms with van der Waals surface area (Å²) in [5.74, 6) is -1.54. The summed E-state index contributed by atoms with van der Waals surface area (Å²) in [5.41, 5.74) is 4.87. The van der Waals surface area contributed by atoms with Crippen molar-refractivity contribution in [3.05, 3.63) is 0 Å². The lowest BCUT2D eigenvalue weighted by atomic mass is 10.4. The molecule has 12 heavy (non-hydrogen) atoms. The van der Waals surface area contributed by atoms with E-state index in [-0.39, 0.29) is 12.8 Å². The first-order valence-corrected chi connectivity index (χ1v) is 3.23. The maximum atomic E-state index is 10.9. The molecule has 1 aliphatic heterocycles. The predicted molar refractivity (Wildman–Crippen MR) is 33.5 cm³/mol. The van der Waals surface area contributed by atoms with Gasteiger partial charge in [0.15, 0.2) is 0 Å². The number of hydroxylamine groups is 4. The van der Waals surface area contributed by atoms with Crippen LogP contribution in [0.4, 0.5) is 0 Å². The Hall–Kier alpha value is -1.47. The number of amidine groups is 1. The van der Waals surface area contributed by atoms with E-state index in [0.29, 0.717) is 0 Å². The van der Waals surface area contributed by atoms with Crippen molar-refractivity contribution in [2.45, 2.75) is 12.8 Å². The second-order valence-electron chi connectivity index (χ2n) is 2.36. The molecular weight excluding hydrogens is 166 g/mol. The lowest BCUT2D eigenvalue weighted by Gasteiger charge is -2.12. The third kappa shape index (κ3) is 1.15. The topological polar surface area (TPSA) is 115 Å². The Balaban J connectivity index is 2.87. The molecule has 1 rings (SSSR count). The standard InChI is InChI=1S/C5H8N3O4/c6-5(7)12-8(11)3(9)1-2-4(8)10/h11H,1-2H2,(H3,6,7)/q+1/p+1. The third-order valence-corrected chi connectivity index (χ3v) is 1.47. The molecule has 7 nitrogen and oxygen atoms in total. The molecule has 5 N–H and O–H groups in total. The highest BCUT2D eigenvalue weighted by molar-refractivity contribution is 5.90. The maximum Gasteiger partial charge on any atom is 0.493 e. The van der Waals surface area contributed by atoms with Gasteiger partial charge in [-0.1, -0.05) is 0 Å². The zero-order valence-corrected chi connectivity index (χ0v) is 6.19. The molecule has 1 saturated heterocycles. The van der Waals surface area contributed by atoms with E-state index >= 15 is 0 Å². The van der Waals surface area contributed by atoms with E-state index in [1.54, 1.807) is 0 Å². The van der Waals surface area contributed by atoms with E-state index in [1.165, 1.54) is 0 Å². The van der Waals surface area contributed by atoms with Crippen molar-refractivity contribution in [1.29, 1.82) is 0 Å². The van der Waals surface area contributed by atoms with E-state index in [9.17, 15) is 14.8 Å². The summed E-state index contributed by atoms with van der Waals surface area (Å²) in [6, 6.07) is -0.624. The number of nitrogens with two attached hydrogens (primary N) is 2. The van der Waals surface area contributed by atoms with Gasteiger partial charge in [0, 0.05) is 0 Å². The van der Waals surface area contributed by atoms with E-state index in [4.69, 9.17) is 11.1 Å². The molecule has 0 unspecified atom stereocenters.